The van der Waals surface area contributed by atoms with E-state index >= 15 is 0 Å². The molecule has 35 heteroatoms. The fourth-order valence-corrected chi connectivity index (χ4v) is 10.1. The first-order chi connectivity index (χ1) is 35.8. The van der Waals surface area contributed by atoms with Crippen LogP contribution in [0.25, 0.3) is 32.3 Å². The molecule has 8 aromatic rings. The highest BCUT2D eigenvalue weighted by Gasteiger charge is 2.28. The molecule has 0 heterocycles. The number of nitro benzene ring substituents is 1. The molecule has 8 aromatic carbocycles. The van der Waals surface area contributed by atoms with Crippen LogP contribution >= 0.6 is 0 Å². The summed E-state index contributed by atoms with van der Waals surface area (Å²) in [4.78, 5) is 6.07. The highest BCUT2D eigenvalue weighted by molar-refractivity contribution is 7.87. The van der Waals surface area contributed by atoms with Gasteiger partial charge >= 0.3 is 0 Å². The van der Waals surface area contributed by atoms with Gasteiger partial charge in [0.05, 0.1) is 58.0 Å². The van der Waals surface area contributed by atoms with Gasteiger partial charge in [-0.05, 0) is 71.4 Å². The van der Waals surface area contributed by atoms with E-state index in [9.17, 15) is 95.4 Å². The first-order valence-corrected chi connectivity index (χ1v) is 27.6. The zero-order chi connectivity index (χ0) is 56.3. The maximum Gasteiger partial charge on any atom is 0.295 e. The molecule has 9 N–H and O–H groups in total. The van der Waals surface area contributed by atoms with Crippen molar-refractivity contribution in [1.82, 2.24) is 0 Å². The molecule has 0 spiro atoms. The smallest absolute Gasteiger partial charge is 0.295 e. The van der Waals surface area contributed by atoms with Crippen LogP contribution < -0.4 is 0 Å². The van der Waals surface area contributed by atoms with Gasteiger partial charge in [0, 0.05) is 35.0 Å². The fraction of sp³-hybridized carbons (Fsp3) is 0. The summed E-state index contributed by atoms with van der Waals surface area (Å²) in [5, 5.41) is 86.9. The summed E-state index contributed by atoms with van der Waals surface area (Å²) in [5.74, 6) is -4.68. The number of nitrogens with zero attached hydrogens (tertiary/aromatic N) is 9. The minimum absolute atomic E-state index is 0.0263. The van der Waals surface area contributed by atoms with E-state index in [1.165, 1.54) is 24.3 Å². The summed E-state index contributed by atoms with van der Waals surface area (Å²) in [6, 6.07) is 16.3. The van der Waals surface area contributed by atoms with Gasteiger partial charge in [0.15, 0.2) is 28.6 Å². The number of aromatic hydroxyl groups is 4. The first kappa shape index (κ1) is 54.4. The van der Waals surface area contributed by atoms with Crippen molar-refractivity contribution in [2.45, 2.75) is 24.5 Å². The van der Waals surface area contributed by atoms with Crippen molar-refractivity contribution in [1.29, 1.82) is 0 Å². The molecule has 0 fully saturated rings. The van der Waals surface area contributed by atoms with Crippen molar-refractivity contribution in [3.05, 3.63) is 119 Å². The second kappa shape index (κ2) is 19.7. The number of nitro groups is 1. The highest BCUT2D eigenvalue weighted by atomic mass is 32.2. The van der Waals surface area contributed by atoms with Crippen LogP contribution in [0, 0.1) is 10.1 Å². The lowest BCUT2D eigenvalue weighted by Gasteiger charge is -2.12. The average Bonchev–Trinajstić information content (AvgIpc) is 3.35. The van der Waals surface area contributed by atoms with E-state index in [2.05, 4.69) is 40.9 Å². The number of phenols is 4. The molecule has 30 nitrogen and oxygen atoms in total. The fourth-order valence-electron chi connectivity index (χ4n) is 7.27. The molecule has 0 amide bonds. The molecule has 0 atom stereocenters. The van der Waals surface area contributed by atoms with Gasteiger partial charge in [0.25, 0.3) is 56.3 Å². The predicted octanol–water partition coefficient (Wildman–Crippen LogP) is 9.77. The lowest BCUT2D eigenvalue weighted by Crippen LogP contribution is -2.00. The number of rotatable bonds is 14. The third kappa shape index (κ3) is 11.2. The van der Waals surface area contributed by atoms with Crippen molar-refractivity contribution in [3.63, 3.8) is 0 Å². The van der Waals surface area contributed by atoms with Gasteiger partial charge in [-0.2, -0.15) is 47.2 Å². The molecule has 0 saturated heterocycles. The van der Waals surface area contributed by atoms with Gasteiger partial charge < -0.3 is 20.4 Å². The van der Waals surface area contributed by atoms with Gasteiger partial charge in [-0.15, -0.1) is 35.8 Å². The average molecular weight is 1150 g/mol. The molecule has 0 unspecified atom stereocenters. The number of benzene rings is 8. The van der Waals surface area contributed by atoms with E-state index in [4.69, 9.17) is 0 Å². The van der Waals surface area contributed by atoms with Crippen LogP contribution in [0.2, 0.25) is 0 Å². The van der Waals surface area contributed by atoms with E-state index in [1.807, 2.05) is 0 Å². The van der Waals surface area contributed by atoms with Gasteiger partial charge in [0.1, 0.15) is 22.1 Å². The van der Waals surface area contributed by atoms with Crippen LogP contribution in [0.15, 0.2) is 175 Å². The Bertz CT molecular complexity index is 4610. The van der Waals surface area contributed by atoms with Gasteiger partial charge in [0.2, 0.25) is 0 Å². The number of hydrogen-bond acceptors (Lipinski definition) is 24. The number of fused-ring (bicyclic) bond motifs is 3. The Labute approximate surface area is 429 Å². The molecule has 0 saturated carbocycles. The Hall–Kier alpha value is -8.91. The van der Waals surface area contributed by atoms with Crippen LogP contribution in [0.1, 0.15) is 0 Å². The number of hydrogen-bond donors (Lipinski definition) is 9. The van der Waals surface area contributed by atoms with Crippen molar-refractivity contribution in [3.8, 4) is 23.0 Å². The minimum atomic E-state index is -5.24. The van der Waals surface area contributed by atoms with Crippen molar-refractivity contribution in [2.75, 3.05) is 0 Å². The van der Waals surface area contributed by atoms with Crippen molar-refractivity contribution in [2.24, 2.45) is 40.9 Å². The lowest BCUT2D eigenvalue weighted by molar-refractivity contribution is -0.384. The molecule has 0 aliphatic carbocycles. The minimum Gasteiger partial charge on any atom is -0.507 e. The van der Waals surface area contributed by atoms with Crippen molar-refractivity contribution < 1.29 is 90.2 Å². The normalized spacial score (nSPS) is 13.1. The van der Waals surface area contributed by atoms with E-state index in [0.29, 0.717) is 48.5 Å². The summed E-state index contributed by atoms with van der Waals surface area (Å²) in [5.41, 5.74) is -6.50. The molecule has 8 rings (SSSR count). The van der Waals surface area contributed by atoms with E-state index in [-0.39, 0.29) is 22.1 Å². The van der Waals surface area contributed by atoms with E-state index in [1.54, 1.807) is 0 Å². The van der Waals surface area contributed by atoms with Gasteiger partial charge in [-0.3, -0.25) is 32.9 Å². The van der Waals surface area contributed by atoms with Crippen LogP contribution in [0.3, 0.4) is 0 Å². The summed E-state index contributed by atoms with van der Waals surface area (Å²) in [6.07, 6.45) is 0. The van der Waals surface area contributed by atoms with Crippen LogP contribution in [-0.4, -0.2) is 90.2 Å². The highest BCUT2D eigenvalue weighted by Crippen LogP contribution is 2.58. The maximum absolute atomic E-state index is 12.5. The molecule has 0 bridgehead atoms. The summed E-state index contributed by atoms with van der Waals surface area (Å²) < 4.78 is 172. The predicted molar refractivity (Wildman–Crippen MR) is 264 cm³/mol. The Kier molecular flexibility index (Phi) is 13.9. The summed E-state index contributed by atoms with van der Waals surface area (Å²) >= 11 is 0. The number of non-ortho nitro benzene ring substituents is 1. The molecule has 0 radical (unpaired) electrons. The Morgan fingerprint density at radius 3 is 1.21 bits per heavy atom. The third-order valence-electron chi connectivity index (χ3n) is 10.7. The van der Waals surface area contributed by atoms with Crippen molar-refractivity contribution >= 4 is 134 Å². The molecule has 396 valence electrons. The Morgan fingerprint density at radius 1 is 0.390 bits per heavy atom. The largest absolute Gasteiger partial charge is 0.507 e. The Balaban J connectivity index is 1.47. The first-order valence-electron chi connectivity index (χ1n) is 20.4. The van der Waals surface area contributed by atoms with Crippen LogP contribution in [-0.2, 0) is 50.6 Å². The summed E-state index contributed by atoms with van der Waals surface area (Å²) in [6.45, 7) is 0. The van der Waals surface area contributed by atoms with E-state index < -0.39 is 164 Å². The lowest BCUT2D eigenvalue weighted by atomic mass is 10.1. The molecule has 0 aliphatic rings. The number of phenolic OH excluding ortho intramolecular Hbond substituents is 4. The van der Waals surface area contributed by atoms with Gasteiger partial charge in [-0.25, -0.2) is 0 Å². The molecule has 0 aliphatic heterocycles. The monoisotopic (exact) mass is 1150 g/mol. The Morgan fingerprint density at radius 2 is 0.779 bits per heavy atom. The van der Waals surface area contributed by atoms with Crippen LogP contribution in [0.4, 0.5) is 51.2 Å². The standard InChI is InChI=1S/C42H27N9O21S5/c52-32-17-25(75(64,65)66)13-19-11-23(73(58,59)60)15-30(35(19)32)45-47-37-38(48-43-21-5-7-22(8-6-21)51(56)57)41(54)40(42(55)39(37)49-44-29-9-10-34(77(70,71)72)28-4-2-1-3-27(28)29)50-46-31-16-24(74(61,62)63)12-20-14-26(76(67,68)69)18-33(53)36(20)31/h1-18,52-55H,(H,58,59,60)(H,61,62,63)(H,64,65,66)(H,67,68,69)(H,70,71,72). The molecule has 77 heavy (non-hydrogen) atoms. The molecular formula is C42H27N9O21S5. The topological polar surface area (TPSA) is 495 Å². The van der Waals surface area contributed by atoms with E-state index in [0.717, 1.165) is 36.4 Å². The second-order valence-electron chi connectivity index (χ2n) is 15.6. The van der Waals surface area contributed by atoms with Crippen LogP contribution in [0.5, 0.6) is 23.0 Å². The van der Waals surface area contributed by atoms with Gasteiger partial charge in [-0.1, -0.05) is 24.3 Å². The quantitative estimate of drug-likeness (QED) is 0.0211. The zero-order valence-electron chi connectivity index (χ0n) is 37.4. The zero-order valence-corrected chi connectivity index (χ0v) is 41.5. The number of azo groups is 4. The SMILES string of the molecule is O=[N+]([O-])c1ccc(N=Nc2c(O)c(N=Nc3cc(S(=O)(=O)O)cc4cc(S(=O)(=O)O)cc(O)c34)c(O)c(N=Nc3ccc(S(=O)(=O)O)c4ccccc34)c2N=Nc2cc(S(=O)(=O)O)cc3cc(S(=O)(=O)O)cc(O)c23)cc1. The second-order valence-corrected chi connectivity index (χ2v) is 22.7. The maximum atomic E-state index is 12.5. The summed E-state index contributed by atoms with van der Waals surface area (Å²) in [7, 11) is -25.5. The molecular weight excluding hydrogens is 1130 g/mol. The molecule has 0 aromatic heterocycles. The third-order valence-corrected chi connectivity index (χ3v) is 14.9.